The summed E-state index contributed by atoms with van der Waals surface area (Å²) in [5.41, 5.74) is 0. The fourth-order valence-electron chi connectivity index (χ4n) is 10.6. The number of methoxy groups -OCH3 is 4. The quantitative estimate of drug-likeness (QED) is 0.0278. The maximum atomic E-state index is 7.27. The van der Waals surface area contributed by atoms with Crippen molar-refractivity contribution >= 4 is 75.4 Å². The van der Waals surface area contributed by atoms with Gasteiger partial charge in [-0.1, -0.05) is 129 Å². The van der Waals surface area contributed by atoms with Crippen LogP contribution in [0.5, 0.6) is 34.5 Å². The first-order chi connectivity index (χ1) is 31.6. The second kappa shape index (κ2) is 21.7. The van der Waals surface area contributed by atoms with E-state index in [-0.39, 0.29) is 0 Å². The van der Waals surface area contributed by atoms with Crippen molar-refractivity contribution in [3.8, 4) is 34.5 Å². The summed E-state index contributed by atoms with van der Waals surface area (Å²) in [7, 11) is 7.00. The summed E-state index contributed by atoms with van der Waals surface area (Å²) >= 11 is 0. The first-order valence-electron chi connectivity index (χ1n) is 24.9. The Morgan fingerprint density at radius 3 is 0.906 bits per heavy atom. The highest BCUT2D eigenvalue weighted by Crippen LogP contribution is 2.58. The van der Waals surface area contributed by atoms with Crippen LogP contribution >= 0.6 is 0 Å². The maximum Gasteiger partial charge on any atom is 0.170 e. The number of hydrogen-bond donors (Lipinski definition) is 0. The summed E-state index contributed by atoms with van der Waals surface area (Å²) in [5.74, 6) is 4.92. The zero-order valence-corrected chi connectivity index (χ0v) is 39.8. The Labute approximate surface area is 381 Å². The minimum Gasteiger partial charge on any atom is -0.497 e. The molecule has 0 fully saturated rings. The molecule has 6 heteroatoms. The number of benzene rings is 8. The number of ether oxygens (including phenoxy) is 6. The van der Waals surface area contributed by atoms with Crippen molar-refractivity contribution in [2.75, 3.05) is 41.7 Å². The fraction of sp³-hybridized carbons (Fsp3) is 0.483. The molecule has 8 aromatic carbocycles. The molecule has 0 aliphatic carbocycles. The van der Waals surface area contributed by atoms with E-state index in [0.717, 1.165) is 114 Å². The lowest BCUT2D eigenvalue weighted by Gasteiger charge is -2.27. The molecule has 0 N–H and O–H groups in total. The monoisotopic (exact) mass is 865 g/mol. The van der Waals surface area contributed by atoms with Crippen molar-refractivity contribution in [2.24, 2.45) is 0 Å². The summed E-state index contributed by atoms with van der Waals surface area (Å²) in [6, 6.07) is 21.8. The van der Waals surface area contributed by atoms with Crippen molar-refractivity contribution < 1.29 is 28.4 Å². The van der Waals surface area contributed by atoms with Gasteiger partial charge in [0.15, 0.2) is 11.5 Å². The van der Waals surface area contributed by atoms with Crippen LogP contribution in [0.15, 0.2) is 60.7 Å². The largest absolute Gasteiger partial charge is 0.497 e. The first kappa shape index (κ1) is 45.5. The van der Waals surface area contributed by atoms with Gasteiger partial charge in [-0.05, 0) is 127 Å². The standard InChI is InChI=1S/C58H72O6/c1-7-9-11-13-15-17-19-21-23-25-31-63-57-53-43-29-27-39(59-3)33-45(43)47-35-41(61-5)37-49-50-38-42(62-6)36-48-46-34-40(60-4)28-30-44(46)54(56(52(48)50)55(53)51(47)49)58(57)64-32-26-24-22-20-18-16-14-12-10-8-2/h27-30,33-38H,7-26,31-32H2,1-6H3. The molecule has 0 bridgehead atoms. The molecule has 0 saturated heterocycles. The lowest BCUT2D eigenvalue weighted by molar-refractivity contribution is 0.263. The Bertz CT molecular complexity index is 2580. The molecule has 0 saturated carbocycles. The van der Waals surface area contributed by atoms with Crippen LogP contribution < -0.4 is 28.4 Å². The van der Waals surface area contributed by atoms with E-state index in [4.69, 9.17) is 28.4 Å². The molecule has 8 aromatic rings. The van der Waals surface area contributed by atoms with Crippen LogP contribution in [0.3, 0.4) is 0 Å². The van der Waals surface area contributed by atoms with Crippen LogP contribution in [0.2, 0.25) is 0 Å². The predicted molar refractivity (Wildman–Crippen MR) is 272 cm³/mol. The average molecular weight is 865 g/mol. The van der Waals surface area contributed by atoms with Gasteiger partial charge < -0.3 is 28.4 Å². The van der Waals surface area contributed by atoms with Crippen molar-refractivity contribution in [1.29, 1.82) is 0 Å². The average Bonchev–Trinajstić information content (AvgIpc) is 3.33. The SMILES string of the molecule is CCCCCCCCCCCCOc1c(OCCCCCCCCCCCC)c2c3ccc(OC)cc3c3cc(OC)cc4c5cc(OC)cc6c7cc(OC)ccc7c1c(c65)c2c34. The van der Waals surface area contributed by atoms with E-state index in [0.29, 0.717) is 13.2 Å². The second-order valence-electron chi connectivity index (χ2n) is 18.2. The molecular formula is C58H72O6. The predicted octanol–water partition coefficient (Wildman–Crippen LogP) is 17.3. The van der Waals surface area contributed by atoms with Crippen LogP contribution in [-0.4, -0.2) is 41.7 Å². The molecule has 0 radical (unpaired) electrons. The van der Waals surface area contributed by atoms with Gasteiger partial charge in [0.1, 0.15) is 23.0 Å². The van der Waals surface area contributed by atoms with Gasteiger partial charge >= 0.3 is 0 Å². The fourth-order valence-corrected chi connectivity index (χ4v) is 10.6. The van der Waals surface area contributed by atoms with Crippen LogP contribution in [0.25, 0.3) is 75.4 Å². The topological polar surface area (TPSA) is 55.4 Å². The molecule has 0 unspecified atom stereocenters. The number of fused-ring (bicyclic) bond motifs is 7. The molecule has 0 aliphatic rings. The van der Waals surface area contributed by atoms with Gasteiger partial charge in [0.25, 0.3) is 0 Å². The van der Waals surface area contributed by atoms with E-state index in [1.54, 1.807) is 28.4 Å². The highest BCUT2D eigenvalue weighted by Gasteiger charge is 2.30. The summed E-state index contributed by atoms with van der Waals surface area (Å²) in [4.78, 5) is 0. The molecule has 6 nitrogen and oxygen atoms in total. The third kappa shape index (κ3) is 9.22. The van der Waals surface area contributed by atoms with Gasteiger partial charge in [0.2, 0.25) is 0 Å². The van der Waals surface area contributed by atoms with Gasteiger partial charge in [-0.3, -0.25) is 0 Å². The van der Waals surface area contributed by atoms with Crippen LogP contribution in [-0.2, 0) is 0 Å². The normalized spacial score (nSPS) is 12.0. The second-order valence-corrected chi connectivity index (χ2v) is 18.2. The highest BCUT2D eigenvalue weighted by molar-refractivity contribution is 6.49. The van der Waals surface area contributed by atoms with Crippen molar-refractivity contribution in [1.82, 2.24) is 0 Å². The van der Waals surface area contributed by atoms with E-state index in [2.05, 4.69) is 74.5 Å². The maximum absolute atomic E-state index is 7.27. The van der Waals surface area contributed by atoms with E-state index >= 15 is 0 Å². The molecule has 0 spiro atoms. The van der Waals surface area contributed by atoms with Gasteiger partial charge in [-0.15, -0.1) is 0 Å². The molecule has 0 aliphatic heterocycles. The number of rotatable bonds is 28. The number of unbranched alkanes of at least 4 members (excludes halogenated alkanes) is 18. The molecule has 0 aromatic heterocycles. The van der Waals surface area contributed by atoms with Crippen LogP contribution in [0, 0.1) is 0 Å². The Morgan fingerprint density at radius 2 is 0.578 bits per heavy atom. The Hall–Kier alpha value is -5.10. The van der Waals surface area contributed by atoms with Crippen molar-refractivity contribution in [3.05, 3.63) is 60.7 Å². The summed E-state index contributed by atoms with van der Waals surface area (Å²) in [6.07, 6.45) is 25.5. The number of hydrogen-bond acceptors (Lipinski definition) is 6. The molecule has 8 rings (SSSR count). The first-order valence-corrected chi connectivity index (χ1v) is 24.9. The van der Waals surface area contributed by atoms with Crippen molar-refractivity contribution in [2.45, 2.75) is 142 Å². The smallest absolute Gasteiger partial charge is 0.170 e. The third-order valence-electron chi connectivity index (χ3n) is 14.0. The van der Waals surface area contributed by atoms with Crippen LogP contribution in [0.1, 0.15) is 142 Å². The van der Waals surface area contributed by atoms with Crippen LogP contribution in [0.4, 0.5) is 0 Å². The molecule has 0 amide bonds. The minimum absolute atomic E-state index is 0.624. The molecule has 0 atom stereocenters. The summed E-state index contributed by atoms with van der Waals surface area (Å²) in [5, 5.41) is 15.9. The van der Waals surface area contributed by atoms with Gasteiger partial charge in [-0.2, -0.15) is 0 Å². The van der Waals surface area contributed by atoms with Gasteiger partial charge in [-0.25, -0.2) is 0 Å². The molecule has 64 heavy (non-hydrogen) atoms. The Balaban J connectivity index is 1.30. The zero-order valence-electron chi connectivity index (χ0n) is 39.8. The van der Waals surface area contributed by atoms with E-state index in [1.165, 1.54) is 124 Å². The molecular weight excluding hydrogens is 793 g/mol. The van der Waals surface area contributed by atoms with E-state index in [9.17, 15) is 0 Å². The van der Waals surface area contributed by atoms with Gasteiger partial charge in [0, 0.05) is 21.5 Å². The summed E-state index contributed by atoms with van der Waals surface area (Å²) < 4.78 is 38.5. The Kier molecular flexibility index (Phi) is 15.4. The zero-order chi connectivity index (χ0) is 44.4. The third-order valence-corrected chi connectivity index (χ3v) is 14.0. The lowest BCUT2D eigenvalue weighted by atomic mass is 9.80. The van der Waals surface area contributed by atoms with Gasteiger partial charge in [0.05, 0.1) is 41.7 Å². The lowest BCUT2D eigenvalue weighted by Crippen LogP contribution is -2.06. The summed E-state index contributed by atoms with van der Waals surface area (Å²) in [6.45, 7) is 5.82. The van der Waals surface area contributed by atoms with E-state index in [1.807, 2.05) is 0 Å². The molecule has 340 valence electrons. The Morgan fingerprint density at radius 1 is 0.281 bits per heavy atom. The van der Waals surface area contributed by atoms with Crippen molar-refractivity contribution in [3.63, 3.8) is 0 Å². The molecule has 0 heterocycles. The van der Waals surface area contributed by atoms with E-state index < -0.39 is 0 Å². The highest BCUT2D eigenvalue weighted by atomic mass is 16.5. The minimum atomic E-state index is 0.624.